The zero-order valence-corrected chi connectivity index (χ0v) is 29.9. The van der Waals surface area contributed by atoms with E-state index in [2.05, 4.69) is 30.1 Å². The summed E-state index contributed by atoms with van der Waals surface area (Å²) in [6.07, 6.45) is 5.47. The molecule has 254 valence electrons. The van der Waals surface area contributed by atoms with E-state index in [9.17, 15) is 9.90 Å². The van der Waals surface area contributed by atoms with Crippen LogP contribution in [0.2, 0.25) is 10.0 Å². The van der Waals surface area contributed by atoms with E-state index in [4.69, 9.17) is 37.4 Å². The number of halogens is 2. The average Bonchev–Trinajstić information content (AvgIpc) is 3.02. The van der Waals surface area contributed by atoms with Gasteiger partial charge in [0.1, 0.15) is 19.0 Å². The molecule has 1 N–H and O–H groups in total. The van der Waals surface area contributed by atoms with Crippen molar-refractivity contribution in [2.24, 2.45) is 0 Å². The SMILES string of the molecule is COCC=Cc1cccnc1-c1ccc(C(Cc2ccc(OCCOc3c(Cl)cc(C)cc3Cl)cc2)CN(C(=O)O)C(C)(C)C)c(C)c1. The van der Waals surface area contributed by atoms with Crippen LogP contribution >= 0.6 is 23.2 Å². The highest BCUT2D eigenvalue weighted by Crippen LogP contribution is 2.34. The molecule has 1 atom stereocenters. The van der Waals surface area contributed by atoms with Crippen molar-refractivity contribution in [3.63, 3.8) is 0 Å². The van der Waals surface area contributed by atoms with Crippen LogP contribution in [0.1, 0.15) is 54.5 Å². The molecule has 4 aromatic rings. The molecule has 9 heteroatoms. The van der Waals surface area contributed by atoms with Crippen molar-refractivity contribution >= 4 is 35.4 Å². The van der Waals surface area contributed by atoms with E-state index in [0.29, 0.717) is 47.7 Å². The molecular weight excluding hydrogens is 647 g/mol. The molecular formula is C39H44Cl2N2O5. The van der Waals surface area contributed by atoms with E-state index in [1.807, 2.05) is 88.4 Å². The van der Waals surface area contributed by atoms with Crippen LogP contribution < -0.4 is 9.47 Å². The van der Waals surface area contributed by atoms with E-state index in [1.165, 1.54) is 4.90 Å². The largest absolute Gasteiger partial charge is 0.490 e. The average molecular weight is 692 g/mol. The van der Waals surface area contributed by atoms with E-state index in [0.717, 1.165) is 39.1 Å². The van der Waals surface area contributed by atoms with Gasteiger partial charge in [-0.15, -0.1) is 0 Å². The van der Waals surface area contributed by atoms with Crippen LogP contribution in [-0.2, 0) is 11.2 Å². The van der Waals surface area contributed by atoms with Crippen molar-refractivity contribution in [3.8, 4) is 22.8 Å². The molecule has 4 rings (SSSR count). The Morgan fingerprint density at radius 2 is 1.67 bits per heavy atom. The molecule has 0 radical (unpaired) electrons. The van der Waals surface area contributed by atoms with Gasteiger partial charge in [0.2, 0.25) is 0 Å². The lowest BCUT2D eigenvalue weighted by Gasteiger charge is -2.36. The topological polar surface area (TPSA) is 81.1 Å². The van der Waals surface area contributed by atoms with E-state index in [-0.39, 0.29) is 12.5 Å². The molecule has 0 spiro atoms. The number of carboxylic acid groups (broad SMARTS) is 1. The molecule has 0 aliphatic rings. The smallest absolute Gasteiger partial charge is 0.407 e. The van der Waals surface area contributed by atoms with Crippen LogP contribution in [0.3, 0.4) is 0 Å². The van der Waals surface area contributed by atoms with E-state index in [1.54, 1.807) is 13.3 Å². The third-order valence-corrected chi connectivity index (χ3v) is 8.53. The Hall–Kier alpha value is -4.04. The minimum absolute atomic E-state index is 0.0941. The lowest BCUT2D eigenvalue weighted by atomic mass is 9.86. The Morgan fingerprint density at radius 3 is 2.29 bits per heavy atom. The summed E-state index contributed by atoms with van der Waals surface area (Å²) in [5, 5.41) is 11.1. The second-order valence-corrected chi connectivity index (χ2v) is 13.5. The van der Waals surface area contributed by atoms with Gasteiger partial charge in [-0.05, 0) is 99.7 Å². The Labute approximate surface area is 294 Å². The number of methoxy groups -OCH3 is 1. The summed E-state index contributed by atoms with van der Waals surface area (Å²) < 4.78 is 16.9. The van der Waals surface area contributed by atoms with Gasteiger partial charge in [0, 0.05) is 42.4 Å². The zero-order chi connectivity index (χ0) is 34.8. The van der Waals surface area contributed by atoms with Crippen LogP contribution in [-0.4, -0.2) is 60.1 Å². The van der Waals surface area contributed by atoms with Gasteiger partial charge in [-0.1, -0.05) is 65.7 Å². The molecule has 0 aliphatic heterocycles. The lowest BCUT2D eigenvalue weighted by molar-refractivity contribution is 0.0956. The quantitative estimate of drug-likeness (QED) is 0.133. The van der Waals surface area contributed by atoms with Gasteiger partial charge in [-0.2, -0.15) is 0 Å². The van der Waals surface area contributed by atoms with Crippen molar-refractivity contribution in [1.29, 1.82) is 0 Å². The predicted molar refractivity (Wildman–Crippen MR) is 195 cm³/mol. The molecule has 7 nitrogen and oxygen atoms in total. The maximum absolute atomic E-state index is 12.4. The third kappa shape index (κ3) is 9.99. The number of aryl methyl sites for hydroxylation is 2. The molecule has 3 aromatic carbocycles. The summed E-state index contributed by atoms with van der Waals surface area (Å²) in [6, 6.07) is 21.8. The number of aromatic nitrogens is 1. The lowest BCUT2D eigenvalue weighted by Crippen LogP contribution is -2.47. The van der Waals surface area contributed by atoms with Crippen LogP contribution in [0, 0.1) is 13.8 Å². The Morgan fingerprint density at radius 1 is 0.979 bits per heavy atom. The van der Waals surface area contributed by atoms with Crippen molar-refractivity contribution in [3.05, 3.63) is 117 Å². The third-order valence-electron chi connectivity index (χ3n) is 7.97. The summed E-state index contributed by atoms with van der Waals surface area (Å²) in [5.41, 5.74) is 6.50. The predicted octanol–water partition coefficient (Wildman–Crippen LogP) is 9.89. The maximum Gasteiger partial charge on any atom is 0.407 e. The number of rotatable bonds is 14. The van der Waals surface area contributed by atoms with E-state index >= 15 is 0 Å². The number of benzene rings is 3. The molecule has 0 fully saturated rings. The number of amides is 1. The summed E-state index contributed by atoms with van der Waals surface area (Å²) in [7, 11) is 1.67. The first-order valence-electron chi connectivity index (χ1n) is 15.9. The minimum Gasteiger partial charge on any atom is -0.490 e. The van der Waals surface area contributed by atoms with Crippen molar-refractivity contribution in [2.75, 3.05) is 33.5 Å². The van der Waals surface area contributed by atoms with Gasteiger partial charge in [0.25, 0.3) is 0 Å². The molecule has 0 bridgehead atoms. The molecule has 1 unspecified atom stereocenters. The first-order chi connectivity index (χ1) is 22.9. The molecule has 1 heterocycles. The summed E-state index contributed by atoms with van der Waals surface area (Å²) >= 11 is 12.6. The van der Waals surface area contributed by atoms with Gasteiger partial charge in [0.15, 0.2) is 5.75 Å². The molecule has 0 saturated carbocycles. The second-order valence-electron chi connectivity index (χ2n) is 12.7. The van der Waals surface area contributed by atoms with Crippen LogP contribution in [0.4, 0.5) is 4.79 Å². The van der Waals surface area contributed by atoms with Crippen molar-refractivity contribution < 1.29 is 24.1 Å². The van der Waals surface area contributed by atoms with Gasteiger partial charge in [-0.25, -0.2) is 4.79 Å². The van der Waals surface area contributed by atoms with E-state index < -0.39 is 11.6 Å². The standard InChI is InChI=1S/C39H44Cl2N2O5/c1-26-21-34(40)37(35(41)22-26)48-20-19-47-32-14-11-28(12-15-32)24-31(25-43(38(44)45)39(3,4)5)33-16-13-30(23-27(33)2)36-29(9-7-17-42-36)10-8-18-46-6/h7-17,21-23,31H,18-20,24-25H2,1-6H3,(H,44,45). The van der Waals surface area contributed by atoms with Gasteiger partial charge in [-0.3, -0.25) is 4.98 Å². The molecule has 48 heavy (non-hydrogen) atoms. The van der Waals surface area contributed by atoms with Crippen LogP contribution in [0.5, 0.6) is 11.5 Å². The molecule has 1 amide bonds. The van der Waals surface area contributed by atoms with Crippen molar-refractivity contribution in [2.45, 2.75) is 52.5 Å². The Bertz CT molecular complexity index is 1690. The number of pyridine rings is 1. The monoisotopic (exact) mass is 690 g/mol. The van der Waals surface area contributed by atoms with Crippen LogP contribution in [0.15, 0.2) is 79.0 Å². The first kappa shape index (κ1) is 36.8. The Kier molecular flexibility index (Phi) is 12.9. The summed E-state index contributed by atoms with van der Waals surface area (Å²) in [6.45, 7) is 11.2. The fourth-order valence-corrected chi connectivity index (χ4v) is 6.32. The fraction of sp³-hybridized carbons (Fsp3) is 0.333. The van der Waals surface area contributed by atoms with Gasteiger partial charge >= 0.3 is 6.09 Å². The van der Waals surface area contributed by atoms with Crippen LogP contribution in [0.25, 0.3) is 17.3 Å². The molecule has 1 aromatic heterocycles. The second kappa shape index (κ2) is 16.9. The number of nitrogens with zero attached hydrogens (tertiary/aromatic N) is 2. The maximum atomic E-state index is 12.4. The number of hydrogen-bond donors (Lipinski definition) is 1. The van der Waals surface area contributed by atoms with Gasteiger partial charge < -0.3 is 24.2 Å². The highest BCUT2D eigenvalue weighted by atomic mass is 35.5. The highest BCUT2D eigenvalue weighted by molar-refractivity contribution is 6.37. The number of carbonyl (C=O) groups is 1. The minimum atomic E-state index is -0.943. The summed E-state index contributed by atoms with van der Waals surface area (Å²) in [5.74, 6) is 1.05. The molecule has 0 saturated heterocycles. The zero-order valence-electron chi connectivity index (χ0n) is 28.4. The van der Waals surface area contributed by atoms with Crippen molar-refractivity contribution in [1.82, 2.24) is 9.88 Å². The molecule has 0 aliphatic carbocycles. The highest BCUT2D eigenvalue weighted by Gasteiger charge is 2.30. The number of hydrogen-bond acceptors (Lipinski definition) is 5. The summed E-state index contributed by atoms with van der Waals surface area (Å²) in [4.78, 5) is 18.6. The Balaban J connectivity index is 1.52. The fourth-order valence-electron chi connectivity index (χ4n) is 5.61. The number of ether oxygens (including phenoxy) is 3. The normalized spacial score (nSPS) is 12.2. The van der Waals surface area contributed by atoms with Gasteiger partial charge in [0.05, 0.1) is 22.3 Å². The first-order valence-corrected chi connectivity index (χ1v) is 16.6.